The largest absolute Gasteiger partial charge is 0.462 e. The van der Waals surface area contributed by atoms with Crippen LogP contribution >= 0.6 is 0 Å². The smallest absolute Gasteiger partial charge is 0.306 e. The number of esters is 3. The third kappa shape index (κ3) is 58.7. The van der Waals surface area contributed by atoms with Gasteiger partial charge in [0.25, 0.3) is 0 Å². The Morgan fingerprint density at radius 2 is 0.507 bits per heavy atom. The average molecular weight is 1000 g/mol. The van der Waals surface area contributed by atoms with Crippen LogP contribution in [-0.2, 0) is 28.6 Å². The fourth-order valence-electron chi connectivity index (χ4n) is 9.65. The average Bonchev–Trinajstić information content (AvgIpc) is 3.37. The highest BCUT2D eigenvalue weighted by atomic mass is 16.6. The van der Waals surface area contributed by atoms with Crippen molar-refractivity contribution in [2.75, 3.05) is 13.2 Å². The molecule has 0 aliphatic heterocycles. The Balaban J connectivity index is 4.08. The molecule has 0 saturated carbocycles. The summed E-state index contributed by atoms with van der Waals surface area (Å²) in [5.74, 6) is -0.856. The number of hydrogen-bond donors (Lipinski definition) is 0. The number of allylic oxidation sites excluding steroid dienone is 4. The van der Waals surface area contributed by atoms with Crippen molar-refractivity contribution in [2.24, 2.45) is 0 Å². The molecule has 0 amide bonds. The van der Waals surface area contributed by atoms with Crippen LogP contribution in [0.15, 0.2) is 24.3 Å². The van der Waals surface area contributed by atoms with Crippen molar-refractivity contribution in [1.82, 2.24) is 0 Å². The number of carbonyl (C=O) groups excluding carboxylic acids is 3. The van der Waals surface area contributed by atoms with Gasteiger partial charge in [-0.3, -0.25) is 14.4 Å². The lowest BCUT2D eigenvalue weighted by Crippen LogP contribution is -2.30. The van der Waals surface area contributed by atoms with E-state index in [2.05, 4.69) is 45.1 Å². The van der Waals surface area contributed by atoms with Gasteiger partial charge in [0.15, 0.2) is 6.10 Å². The quantitative estimate of drug-likeness (QED) is 0.0261. The molecule has 0 spiro atoms. The summed E-state index contributed by atoms with van der Waals surface area (Å²) in [5.41, 5.74) is 0. The minimum absolute atomic E-state index is 0.0678. The standard InChI is InChI=1S/C65H122O6/c1-4-7-10-13-16-18-20-22-24-26-28-30-31-32-33-35-36-38-40-42-44-46-49-52-55-58-64(67)70-61-62(60-69-63(66)57-54-51-48-15-12-9-6-3)71-65(68)59-56-53-50-47-45-43-41-39-37-34-29-27-25-23-21-19-17-14-11-8-5-2/h21,23,27,29,62H,4-20,22,24-26,28,30-61H2,1-3H3/b23-21-,29-27-. The maximum atomic E-state index is 12.8. The van der Waals surface area contributed by atoms with Gasteiger partial charge in [-0.15, -0.1) is 0 Å². The molecule has 1 unspecified atom stereocenters. The van der Waals surface area contributed by atoms with Crippen LogP contribution in [0.3, 0.4) is 0 Å². The van der Waals surface area contributed by atoms with Crippen LogP contribution in [0, 0.1) is 0 Å². The zero-order chi connectivity index (χ0) is 51.4. The van der Waals surface area contributed by atoms with Crippen LogP contribution in [0.1, 0.15) is 355 Å². The number of rotatable bonds is 59. The van der Waals surface area contributed by atoms with E-state index in [4.69, 9.17) is 14.2 Å². The fourth-order valence-corrected chi connectivity index (χ4v) is 9.65. The van der Waals surface area contributed by atoms with Crippen molar-refractivity contribution in [3.63, 3.8) is 0 Å². The highest BCUT2D eigenvalue weighted by Crippen LogP contribution is 2.18. The summed E-state index contributed by atoms with van der Waals surface area (Å²) < 4.78 is 16.8. The highest BCUT2D eigenvalue weighted by molar-refractivity contribution is 5.71. The fraction of sp³-hybridized carbons (Fsp3) is 0.892. The molecule has 6 nitrogen and oxygen atoms in total. The van der Waals surface area contributed by atoms with Crippen LogP contribution in [0.2, 0.25) is 0 Å². The van der Waals surface area contributed by atoms with Crippen molar-refractivity contribution in [3.8, 4) is 0 Å². The Morgan fingerprint density at radius 1 is 0.282 bits per heavy atom. The monoisotopic (exact) mass is 999 g/mol. The normalized spacial score (nSPS) is 12.1. The van der Waals surface area contributed by atoms with Gasteiger partial charge in [-0.25, -0.2) is 0 Å². The Bertz CT molecular complexity index is 1150. The van der Waals surface area contributed by atoms with E-state index in [1.54, 1.807) is 0 Å². The van der Waals surface area contributed by atoms with Crippen LogP contribution in [0.25, 0.3) is 0 Å². The summed E-state index contributed by atoms with van der Waals surface area (Å²) in [6, 6.07) is 0. The van der Waals surface area contributed by atoms with Crippen molar-refractivity contribution in [2.45, 2.75) is 361 Å². The first kappa shape index (κ1) is 68.9. The molecule has 0 saturated heterocycles. The van der Waals surface area contributed by atoms with E-state index in [1.807, 2.05) is 0 Å². The molecular weight excluding hydrogens is 877 g/mol. The highest BCUT2D eigenvalue weighted by Gasteiger charge is 2.19. The molecule has 0 aliphatic carbocycles. The molecule has 6 heteroatoms. The van der Waals surface area contributed by atoms with Gasteiger partial charge < -0.3 is 14.2 Å². The minimum atomic E-state index is -0.768. The summed E-state index contributed by atoms with van der Waals surface area (Å²) in [6.07, 6.45) is 72.2. The number of hydrogen-bond acceptors (Lipinski definition) is 6. The lowest BCUT2D eigenvalue weighted by Gasteiger charge is -2.18. The van der Waals surface area contributed by atoms with Gasteiger partial charge in [0.1, 0.15) is 13.2 Å². The summed E-state index contributed by atoms with van der Waals surface area (Å²) in [5, 5.41) is 0. The molecule has 0 bridgehead atoms. The van der Waals surface area contributed by atoms with Gasteiger partial charge in [-0.2, -0.15) is 0 Å². The minimum Gasteiger partial charge on any atom is -0.462 e. The molecule has 71 heavy (non-hydrogen) atoms. The van der Waals surface area contributed by atoms with Gasteiger partial charge >= 0.3 is 17.9 Å². The van der Waals surface area contributed by atoms with Crippen LogP contribution in [-0.4, -0.2) is 37.2 Å². The van der Waals surface area contributed by atoms with E-state index in [-0.39, 0.29) is 31.1 Å². The zero-order valence-corrected chi connectivity index (χ0v) is 48.0. The van der Waals surface area contributed by atoms with E-state index in [1.165, 1.54) is 250 Å². The van der Waals surface area contributed by atoms with E-state index in [9.17, 15) is 14.4 Å². The SMILES string of the molecule is CCCCCCC/C=C\C/C=C\CCCCCCCCCCCC(=O)OC(COC(=O)CCCCCCCCC)COC(=O)CCCCCCCCCCCCCCCCCCCCCCCCCCC. The third-order valence-corrected chi connectivity index (χ3v) is 14.5. The maximum Gasteiger partial charge on any atom is 0.306 e. The molecular formula is C65H122O6. The molecule has 418 valence electrons. The Labute approximate surface area is 443 Å². The van der Waals surface area contributed by atoms with Crippen molar-refractivity contribution >= 4 is 17.9 Å². The Morgan fingerprint density at radius 3 is 0.775 bits per heavy atom. The van der Waals surface area contributed by atoms with Crippen LogP contribution in [0.5, 0.6) is 0 Å². The molecule has 0 fully saturated rings. The molecule has 1 atom stereocenters. The molecule has 0 aromatic heterocycles. The van der Waals surface area contributed by atoms with Crippen molar-refractivity contribution < 1.29 is 28.6 Å². The van der Waals surface area contributed by atoms with E-state index in [0.29, 0.717) is 19.3 Å². The predicted molar refractivity (Wildman–Crippen MR) is 307 cm³/mol. The topological polar surface area (TPSA) is 78.9 Å². The zero-order valence-electron chi connectivity index (χ0n) is 48.0. The number of carbonyl (C=O) groups is 3. The maximum absolute atomic E-state index is 12.8. The Hall–Kier alpha value is -2.11. The molecule has 0 radical (unpaired) electrons. The third-order valence-electron chi connectivity index (χ3n) is 14.5. The molecule has 0 rings (SSSR count). The van der Waals surface area contributed by atoms with Crippen LogP contribution in [0.4, 0.5) is 0 Å². The second-order valence-electron chi connectivity index (χ2n) is 21.7. The molecule has 0 aromatic rings. The summed E-state index contributed by atoms with van der Waals surface area (Å²) in [7, 11) is 0. The molecule has 0 aromatic carbocycles. The molecule has 0 N–H and O–H groups in total. The van der Waals surface area contributed by atoms with E-state index < -0.39 is 6.10 Å². The summed E-state index contributed by atoms with van der Waals surface area (Å²) >= 11 is 0. The molecule has 0 heterocycles. The van der Waals surface area contributed by atoms with Gasteiger partial charge in [-0.05, 0) is 51.4 Å². The number of unbranched alkanes of at least 4 members (excludes halogenated alkanes) is 44. The van der Waals surface area contributed by atoms with Gasteiger partial charge in [0, 0.05) is 19.3 Å². The Kier molecular flexibility index (Phi) is 58.6. The summed E-state index contributed by atoms with van der Waals surface area (Å²) in [6.45, 7) is 6.65. The second kappa shape index (κ2) is 60.4. The van der Waals surface area contributed by atoms with Crippen molar-refractivity contribution in [3.05, 3.63) is 24.3 Å². The van der Waals surface area contributed by atoms with E-state index >= 15 is 0 Å². The second-order valence-corrected chi connectivity index (χ2v) is 21.7. The first-order valence-electron chi connectivity index (χ1n) is 31.8. The first-order valence-corrected chi connectivity index (χ1v) is 31.8. The van der Waals surface area contributed by atoms with Crippen molar-refractivity contribution in [1.29, 1.82) is 0 Å². The van der Waals surface area contributed by atoms with Gasteiger partial charge in [0.05, 0.1) is 0 Å². The van der Waals surface area contributed by atoms with Gasteiger partial charge in [-0.1, -0.05) is 308 Å². The lowest BCUT2D eigenvalue weighted by molar-refractivity contribution is -0.167. The lowest BCUT2D eigenvalue weighted by atomic mass is 10.0. The summed E-state index contributed by atoms with van der Waals surface area (Å²) in [4.78, 5) is 38.0. The van der Waals surface area contributed by atoms with E-state index in [0.717, 1.165) is 64.2 Å². The molecule has 0 aliphatic rings. The number of ether oxygens (including phenoxy) is 3. The first-order chi connectivity index (χ1) is 35.0. The van der Waals surface area contributed by atoms with Gasteiger partial charge in [0.2, 0.25) is 0 Å². The predicted octanol–water partition coefficient (Wildman–Crippen LogP) is 21.4. The van der Waals surface area contributed by atoms with Crippen LogP contribution < -0.4 is 0 Å².